The minimum Gasteiger partial charge on any atom is -0.349 e. The van der Waals surface area contributed by atoms with E-state index in [2.05, 4.69) is 16.7 Å². The third kappa shape index (κ3) is 4.01. The molecule has 1 heterocycles. The van der Waals surface area contributed by atoms with Crippen LogP contribution in [0.15, 0.2) is 18.2 Å². The Morgan fingerprint density at radius 1 is 1.26 bits per heavy atom. The monoisotopic (exact) mass is 344 g/mol. The summed E-state index contributed by atoms with van der Waals surface area (Å²) < 4.78 is 25.7. The number of nitrogens with one attached hydrogen (secondary N) is 2. The van der Waals surface area contributed by atoms with Gasteiger partial charge in [0.15, 0.2) is 0 Å². The first-order chi connectivity index (χ1) is 10.5. The van der Waals surface area contributed by atoms with Crippen LogP contribution in [-0.4, -0.2) is 31.0 Å². The molecule has 128 valence electrons. The molecule has 23 heavy (non-hydrogen) atoms. The van der Waals surface area contributed by atoms with E-state index in [0.717, 1.165) is 31.5 Å². The number of hydrogen-bond acceptors (Lipinski definition) is 2. The summed E-state index contributed by atoms with van der Waals surface area (Å²) in [6, 6.07) is 5.37. The molecule has 1 aliphatic heterocycles. The van der Waals surface area contributed by atoms with Crippen molar-refractivity contribution in [2.45, 2.75) is 50.5 Å². The predicted molar refractivity (Wildman–Crippen MR) is 88.7 cm³/mol. The molecule has 2 aliphatic rings. The molecule has 6 heteroatoms. The van der Waals surface area contributed by atoms with Crippen molar-refractivity contribution >= 4 is 18.3 Å². The van der Waals surface area contributed by atoms with Gasteiger partial charge in [-0.05, 0) is 56.0 Å². The fraction of sp³-hybridized carbons (Fsp3) is 0.588. The van der Waals surface area contributed by atoms with Gasteiger partial charge in [-0.15, -0.1) is 12.4 Å². The van der Waals surface area contributed by atoms with Crippen molar-refractivity contribution in [3.8, 4) is 0 Å². The van der Waals surface area contributed by atoms with Crippen LogP contribution in [0.3, 0.4) is 0 Å². The summed E-state index contributed by atoms with van der Waals surface area (Å²) in [5.41, 5.74) is 2.82. The molecule has 0 radical (unpaired) electrons. The number of piperidine rings is 1. The number of benzene rings is 1. The normalized spacial score (nSPS) is 21.2. The van der Waals surface area contributed by atoms with E-state index < -0.39 is 12.0 Å². The van der Waals surface area contributed by atoms with Gasteiger partial charge >= 0.3 is 0 Å². The van der Waals surface area contributed by atoms with Crippen LogP contribution in [0.4, 0.5) is 8.78 Å². The highest BCUT2D eigenvalue weighted by Crippen LogP contribution is 2.37. The molecule has 1 amide bonds. The Balaban J connectivity index is 0.00000192. The Labute approximate surface area is 141 Å². The lowest BCUT2D eigenvalue weighted by atomic mass is 9.85. The van der Waals surface area contributed by atoms with Crippen LogP contribution in [0.25, 0.3) is 0 Å². The molecule has 2 N–H and O–H groups in total. The predicted octanol–water partition coefficient (Wildman–Crippen LogP) is 3.41. The van der Waals surface area contributed by atoms with Gasteiger partial charge in [0.25, 0.3) is 11.8 Å². The average molecular weight is 345 g/mol. The standard InChI is InChI=1S/C17H22F2N2O.ClH/c1-11-14(12-5-7-20-8-6-12)3-2-4-15(11)16(22)21-13-9-17(18,19)10-13;/h2-4,12-13,20H,5-10H2,1H3,(H,21,22);1H. The molecule has 0 aromatic heterocycles. The zero-order valence-corrected chi connectivity index (χ0v) is 14.0. The number of hydrogen-bond donors (Lipinski definition) is 2. The third-order valence-corrected chi connectivity index (χ3v) is 4.82. The van der Waals surface area contributed by atoms with Gasteiger partial charge in [0.1, 0.15) is 0 Å². The summed E-state index contributed by atoms with van der Waals surface area (Å²) in [4.78, 5) is 12.3. The van der Waals surface area contributed by atoms with E-state index in [1.165, 1.54) is 5.56 Å². The van der Waals surface area contributed by atoms with Gasteiger partial charge in [0, 0.05) is 24.4 Å². The van der Waals surface area contributed by atoms with E-state index >= 15 is 0 Å². The average Bonchev–Trinajstić information content (AvgIpc) is 2.46. The van der Waals surface area contributed by atoms with Crippen LogP contribution in [-0.2, 0) is 0 Å². The van der Waals surface area contributed by atoms with Gasteiger partial charge in [0.05, 0.1) is 0 Å². The molecule has 1 aromatic carbocycles. The maximum atomic E-state index is 12.9. The third-order valence-electron chi connectivity index (χ3n) is 4.82. The van der Waals surface area contributed by atoms with Crippen molar-refractivity contribution in [3.05, 3.63) is 34.9 Å². The van der Waals surface area contributed by atoms with Crippen LogP contribution < -0.4 is 10.6 Å². The Hall–Kier alpha value is -1.20. The van der Waals surface area contributed by atoms with E-state index in [0.29, 0.717) is 11.5 Å². The van der Waals surface area contributed by atoms with E-state index in [9.17, 15) is 13.6 Å². The van der Waals surface area contributed by atoms with Crippen molar-refractivity contribution in [1.29, 1.82) is 0 Å². The minimum atomic E-state index is -2.61. The molecule has 2 fully saturated rings. The molecule has 1 saturated carbocycles. The highest BCUT2D eigenvalue weighted by atomic mass is 35.5. The van der Waals surface area contributed by atoms with Crippen molar-refractivity contribution in [3.63, 3.8) is 0 Å². The summed E-state index contributed by atoms with van der Waals surface area (Å²) >= 11 is 0. The molecule has 1 saturated heterocycles. The van der Waals surface area contributed by atoms with Crippen molar-refractivity contribution in [2.75, 3.05) is 13.1 Å². The van der Waals surface area contributed by atoms with E-state index in [1.807, 2.05) is 13.0 Å². The lowest BCUT2D eigenvalue weighted by molar-refractivity contribution is -0.0901. The summed E-state index contributed by atoms with van der Waals surface area (Å²) in [7, 11) is 0. The number of carbonyl (C=O) groups is 1. The van der Waals surface area contributed by atoms with Crippen LogP contribution in [0.2, 0.25) is 0 Å². The molecule has 1 aromatic rings. The number of rotatable bonds is 3. The summed E-state index contributed by atoms with van der Waals surface area (Å²) in [5, 5.41) is 6.07. The highest BCUT2D eigenvalue weighted by molar-refractivity contribution is 5.96. The zero-order chi connectivity index (χ0) is 15.7. The second kappa shape index (κ2) is 7.14. The Kier molecular flexibility index (Phi) is 5.63. The van der Waals surface area contributed by atoms with Crippen LogP contribution in [0.5, 0.6) is 0 Å². The molecule has 0 bridgehead atoms. The molecule has 0 spiro atoms. The number of carbonyl (C=O) groups excluding carboxylic acids is 1. The Bertz CT molecular complexity index is 566. The first kappa shape index (κ1) is 18.1. The Morgan fingerprint density at radius 3 is 2.52 bits per heavy atom. The molecule has 3 rings (SSSR count). The quantitative estimate of drug-likeness (QED) is 0.882. The number of halogens is 3. The molecule has 0 unspecified atom stereocenters. The number of amides is 1. The van der Waals surface area contributed by atoms with Gasteiger partial charge in [-0.3, -0.25) is 4.79 Å². The zero-order valence-electron chi connectivity index (χ0n) is 13.2. The van der Waals surface area contributed by atoms with Crippen molar-refractivity contribution in [1.82, 2.24) is 10.6 Å². The smallest absolute Gasteiger partial charge is 0.252 e. The van der Waals surface area contributed by atoms with E-state index in [1.54, 1.807) is 6.07 Å². The summed E-state index contributed by atoms with van der Waals surface area (Å²) in [6.07, 6.45) is 1.65. The first-order valence-corrected chi connectivity index (χ1v) is 7.95. The summed E-state index contributed by atoms with van der Waals surface area (Å²) in [5.74, 6) is -2.36. The molecular formula is C17H23ClF2N2O. The summed E-state index contributed by atoms with van der Waals surface area (Å²) in [6.45, 7) is 3.96. The highest BCUT2D eigenvalue weighted by Gasteiger charge is 2.46. The second-order valence-electron chi connectivity index (χ2n) is 6.48. The largest absolute Gasteiger partial charge is 0.349 e. The maximum Gasteiger partial charge on any atom is 0.252 e. The van der Waals surface area contributed by atoms with Gasteiger partial charge in [-0.2, -0.15) is 0 Å². The van der Waals surface area contributed by atoms with Crippen molar-refractivity contribution in [2.24, 2.45) is 0 Å². The minimum absolute atomic E-state index is 0. The van der Waals surface area contributed by atoms with Crippen molar-refractivity contribution < 1.29 is 13.6 Å². The van der Waals surface area contributed by atoms with Crippen LogP contribution in [0, 0.1) is 6.92 Å². The lowest BCUT2D eigenvalue weighted by Gasteiger charge is -2.35. The molecular weight excluding hydrogens is 322 g/mol. The molecule has 0 atom stereocenters. The maximum absolute atomic E-state index is 12.9. The van der Waals surface area contributed by atoms with Gasteiger partial charge < -0.3 is 10.6 Å². The Morgan fingerprint density at radius 2 is 1.91 bits per heavy atom. The topological polar surface area (TPSA) is 41.1 Å². The van der Waals surface area contributed by atoms with E-state index in [4.69, 9.17) is 0 Å². The van der Waals surface area contributed by atoms with Crippen LogP contribution in [0.1, 0.15) is 53.1 Å². The second-order valence-corrected chi connectivity index (χ2v) is 6.48. The van der Waals surface area contributed by atoms with Gasteiger partial charge in [-0.25, -0.2) is 8.78 Å². The first-order valence-electron chi connectivity index (χ1n) is 7.95. The number of alkyl halides is 2. The van der Waals surface area contributed by atoms with E-state index in [-0.39, 0.29) is 31.2 Å². The fourth-order valence-corrected chi connectivity index (χ4v) is 3.50. The lowest BCUT2D eigenvalue weighted by Crippen LogP contribution is -2.50. The molecule has 3 nitrogen and oxygen atoms in total. The van der Waals surface area contributed by atoms with Gasteiger partial charge in [-0.1, -0.05) is 12.1 Å². The fourth-order valence-electron chi connectivity index (χ4n) is 3.50. The van der Waals surface area contributed by atoms with Crippen LogP contribution >= 0.6 is 12.4 Å². The molecule has 1 aliphatic carbocycles. The SMILES string of the molecule is Cc1c(C(=O)NC2CC(F)(F)C2)cccc1C1CCNCC1.Cl. The van der Waals surface area contributed by atoms with Gasteiger partial charge in [0.2, 0.25) is 0 Å².